The van der Waals surface area contributed by atoms with Crippen LogP contribution in [0.15, 0.2) is 164 Å². The minimum atomic E-state index is 0. The maximum Gasteiger partial charge on any atom is 3.00 e. The summed E-state index contributed by atoms with van der Waals surface area (Å²) in [6.07, 6.45) is 6.75. The van der Waals surface area contributed by atoms with Gasteiger partial charge in [-0.1, -0.05) is 141 Å². The summed E-state index contributed by atoms with van der Waals surface area (Å²) in [5, 5.41) is 7.18. The SMILES string of the molecule is CC(C)(C)c1c[c-]c(-c2nccc3ccccc23)cc1.CC(C)(C)c1c[c-]c(-c2nccc3ccccc23)cc1.CCC(C)c1c[c-]c(-c2nccc3ccccc23)cc1.[Ir+3]. The average Bonchev–Trinajstić information content (AvgIpc) is 3.28. The molecule has 0 N–H and O–H groups in total. The minimum absolute atomic E-state index is 0. The van der Waals surface area contributed by atoms with Crippen LogP contribution in [-0.4, -0.2) is 15.0 Å². The summed E-state index contributed by atoms with van der Waals surface area (Å²) < 4.78 is 0. The Labute approximate surface area is 376 Å². The second-order valence-corrected chi connectivity index (χ2v) is 17.5. The zero-order valence-corrected chi connectivity index (χ0v) is 38.9. The largest absolute Gasteiger partial charge is 3.00 e. The van der Waals surface area contributed by atoms with Gasteiger partial charge in [-0.3, -0.25) is 0 Å². The van der Waals surface area contributed by atoms with Crippen LogP contribution < -0.4 is 0 Å². The van der Waals surface area contributed by atoms with Crippen LogP contribution in [0.5, 0.6) is 0 Å². The second kappa shape index (κ2) is 19.7. The number of nitrogens with zero attached hydrogens (tertiary/aromatic N) is 3. The molecule has 0 aliphatic rings. The maximum absolute atomic E-state index is 4.54. The first-order chi connectivity index (χ1) is 28.9. The van der Waals surface area contributed by atoms with Crippen molar-refractivity contribution in [2.24, 2.45) is 0 Å². The Bertz CT molecular complexity index is 2660. The summed E-state index contributed by atoms with van der Waals surface area (Å²) >= 11 is 0. The van der Waals surface area contributed by atoms with Gasteiger partial charge in [0.1, 0.15) is 0 Å². The van der Waals surface area contributed by atoms with Crippen molar-refractivity contribution in [3.8, 4) is 33.8 Å². The number of hydrogen-bond acceptors (Lipinski definition) is 3. The Balaban J connectivity index is 0.000000152. The number of pyridine rings is 3. The molecule has 3 heterocycles. The summed E-state index contributed by atoms with van der Waals surface area (Å²) in [4.78, 5) is 13.6. The third kappa shape index (κ3) is 10.8. The molecule has 306 valence electrons. The fourth-order valence-corrected chi connectivity index (χ4v) is 7.21. The predicted molar refractivity (Wildman–Crippen MR) is 254 cm³/mol. The Kier molecular flexibility index (Phi) is 14.5. The van der Waals surface area contributed by atoms with Gasteiger partial charge in [0, 0.05) is 18.6 Å². The molecule has 9 rings (SSSR count). The molecule has 0 bridgehead atoms. The minimum Gasteiger partial charge on any atom is -0.304 e. The molecule has 0 amide bonds. The van der Waals surface area contributed by atoms with Crippen molar-refractivity contribution < 1.29 is 20.1 Å². The molecule has 1 atom stereocenters. The van der Waals surface area contributed by atoms with Gasteiger partial charge < -0.3 is 15.0 Å². The number of hydrogen-bond donors (Lipinski definition) is 0. The van der Waals surface area contributed by atoms with Crippen molar-refractivity contribution in [3.05, 3.63) is 199 Å². The van der Waals surface area contributed by atoms with Gasteiger partial charge in [-0.15, -0.1) is 106 Å². The molecule has 3 aromatic heterocycles. The quantitative estimate of drug-likeness (QED) is 0.161. The molecule has 0 saturated heterocycles. The smallest absolute Gasteiger partial charge is 0.304 e. The van der Waals surface area contributed by atoms with Crippen molar-refractivity contribution in [1.82, 2.24) is 15.0 Å². The van der Waals surface area contributed by atoms with Crippen molar-refractivity contribution in [2.45, 2.75) is 78.6 Å². The van der Waals surface area contributed by atoms with Gasteiger partial charge in [0.25, 0.3) is 0 Å². The van der Waals surface area contributed by atoms with E-state index < -0.39 is 0 Å². The third-order valence-corrected chi connectivity index (χ3v) is 11.2. The molecule has 0 spiro atoms. The normalized spacial score (nSPS) is 11.8. The third-order valence-electron chi connectivity index (χ3n) is 11.2. The second-order valence-electron chi connectivity index (χ2n) is 17.5. The predicted octanol–water partition coefficient (Wildman–Crippen LogP) is 15.2. The van der Waals surface area contributed by atoms with Gasteiger partial charge in [0.05, 0.1) is 0 Å². The summed E-state index contributed by atoms with van der Waals surface area (Å²) in [7, 11) is 0. The topological polar surface area (TPSA) is 38.7 Å². The molecule has 0 fully saturated rings. The summed E-state index contributed by atoms with van der Waals surface area (Å²) in [6, 6.07) is 60.5. The fourth-order valence-electron chi connectivity index (χ4n) is 7.21. The van der Waals surface area contributed by atoms with Crippen LogP contribution in [0, 0.1) is 18.2 Å². The van der Waals surface area contributed by atoms with Crippen LogP contribution in [0.4, 0.5) is 0 Å². The number of aromatic nitrogens is 3. The summed E-state index contributed by atoms with van der Waals surface area (Å²) in [5.74, 6) is 0.584. The van der Waals surface area contributed by atoms with E-state index >= 15 is 0 Å². The Morgan fingerprint density at radius 1 is 0.443 bits per heavy atom. The molecule has 1 unspecified atom stereocenters. The van der Waals surface area contributed by atoms with E-state index in [0.29, 0.717) is 5.92 Å². The molecule has 9 aromatic rings. The van der Waals surface area contributed by atoms with Gasteiger partial charge in [-0.05, 0) is 78.4 Å². The van der Waals surface area contributed by atoms with E-state index in [1.165, 1.54) is 49.0 Å². The van der Waals surface area contributed by atoms with Gasteiger partial charge in [0.15, 0.2) is 0 Å². The Morgan fingerprint density at radius 3 is 1.08 bits per heavy atom. The molecule has 0 aliphatic carbocycles. The monoisotopic (exact) mass is 973 g/mol. The summed E-state index contributed by atoms with van der Waals surface area (Å²) in [6.45, 7) is 17.7. The molecule has 0 saturated carbocycles. The van der Waals surface area contributed by atoms with E-state index in [4.69, 9.17) is 0 Å². The standard InChI is InChI=1S/3C19H18N.Ir/c2*1-19(2,3)16-10-8-15(9-11-16)18-17-7-5-4-6-14(17)12-13-20-18;1-3-14(2)15-8-10-17(11-9-15)19-18-7-5-4-6-16(18)12-13-20-19;/h2*4-8,10-13H,1-3H3;4-10,12-14H,3H2,1-2H3;/q3*-1;+3. The van der Waals surface area contributed by atoms with Gasteiger partial charge in [0.2, 0.25) is 0 Å². The van der Waals surface area contributed by atoms with Crippen molar-refractivity contribution in [2.75, 3.05) is 0 Å². The maximum atomic E-state index is 4.54. The zero-order valence-electron chi connectivity index (χ0n) is 36.5. The first-order valence-electron chi connectivity index (χ1n) is 21.0. The van der Waals surface area contributed by atoms with Crippen LogP contribution in [0.2, 0.25) is 0 Å². The number of fused-ring (bicyclic) bond motifs is 3. The van der Waals surface area contributed by atoms with Crippen LogP contribution in [0.3, 0.4) is 0 Å². The van der Waals surface area contributed by atoms with Crippen molar-refractivity contribution >= 4 is 32.3 Å². The van der Waals surface area contributed by atoms with E-state index in [1.54, 1.807) is 0 Å². The molecular weight excluding hydrogens is 919 g/mol. The van der Waals surface area contributed by atoms with E-state index in [1.807, 2.05) is 36.8 Å². The molecular formula is C57H54IrN3. The van der Waals surface area contributed by atoms with E-state index in [2.05, 4.69) is 216 Å². The van der Waals surface area contributed by atoms with E-state index in [0.717, 1.165) is 40.2 Å². The van der Waals surface area contributed by atoms with E-state index in [-0.39, 0.29) is 30.9 Å². The van der Waals surface area contributed by atoms with Gasteiger partial charge in [-0.2, -0.15) is 0 Å². The van der Waals surface area contributed by atoms with Crippen molar-refractivity contribution in [3.63, 3.8) is 0 Å². The van der Waals surface area contributed by atoms with Gasteiger partial charge in [-0.25, -0.2) is 0 Å². The van der Waals surface area contributed by atoms with Crippen LogP contribution in [0.25, 0.3) is 66.1 Å². The van der Waals surface area contributed by atoms with Gasteiger partial charge >= 0.3 is 20.1 Å². The van der Waals surface area contributed by atoms with Crippen LogP contribution in [-0.2, 0) is 30.9 Å². The average molecular weight is 973 g/mol. The fraction of sp³-hybridized carbons (Fsp3) is 0.211. The molecule has 3 nitrogen and oxygen atoms in total. The zero-order chi connectivity index (χ0) is 42.3. The molecule has 6 aromatic carbocycles. The molecule has 0 radical (unpaired) electrons. The number of benzene rings is 6. The molecule has 0 aliphatic heterocycles. The van der Waals surface area contributed by atoms with Crippen LogP contribution >= 0.6 is 0 Å². The molecule has 61 heavy (non-hydrogen) atoms. The first kappa shape index (κ1) is 44.7. The van der Waals surface area contributed by atoms with Crippen LogP contribution in [0.1, 0.15) is 84.4 Å². The first-order valence-corrected chi connectivity index (χ1v) is 21.0. The summed E-state index contributed by atoms with van der Waals surface area (Å²) in [5.41, 5.74) is 10.4. The number of rotatable bonds is 5. The van der Waals surface area contributed by atoms with Crippen molar-refractivity contribution in [1.29, 1.82) is 0 Å². The van der Waals surface area contributed by atoms with E-state index in [9.17, 15) is 0 Å². The Hall–Kier alpha value is -5.80. The molecule has 4 heteroatoms. The Morgan fingerprint density at radius 2 is 0.787 bits per heavy atom.